The fraction of sp³-hybridized carbons (Fsp3) is 0.877. The van der Waals surface area contributed by atoms with Gasteiger partial charge in [0.15, 0.2) is 6.10 Å². The Balaban J connectivity index is 4.20. The van der Waals surface area contributed by atoms with Crippen LogP contribution in [0.3, 0.4) is 0 Å². The van der Waals surface area contributed by atoms with Crippen molar-refractivity contribution in [3.63, 3.8) is 0 Å². The molecule has 1 unspecified atom stereocenters. The van der Waals surface area contributed by atoms with Crippen LogP contribution in [0.1, 0.15) is 393 Å². The fourth-order valence-electron chi connectivity index (χ4n) is 10.8. The monoisotopic (exact) mass is 1110 g/mol. The minimum absolute atomic E-state index is 0.0737. The van der Waals surface area contributed by atoms with Gasteiger partial charge in [0.1, 0.15) is 13.2 Å². The molecule has 79 heavy (non-hydrogen) atoms. The molecule has 0 aliphatic rings. The van der Waals surface area contributed by atoms with Gasteiger partial charge in [0.05, 0.1) is 0 Å². The van der Waals surface area contributed by atoms with Crippen LogP contribution in [0.15, 0.2) is 36.5 Å². The highest BCUT2D eigenvalue weighted by Gasteiger charge is 2.19. The highest BCUT2D eigenvalue weighted by atomic mass is 16.6. The third-order valence-electron chi connectivity index (χ3n) is 16.1. The van der Waals surface area contributed by atoms with E-state index >= 15 is 0 Å². The second kappa shape index (κ2) is 68.1. The Labute approximate surface area is 493 Å². The van der Waals surface area contributed by atoms with Gasteiger partial charge in [-0.25, -0.2) is 0 Å². The molecule has 0 saturated heterocycles. The Hall–Kier alpha value is -2.37. The molecule has 0 fully saturated rings. The summed E-state index contributed by atoms with van der Waals surface area (Å²) in [5.74, 6) is -0.864. The quantitative estimate of drug-likeness (QED) is 0.0261. The summed E-state index contributed by atoms with van der Waals surface area (Å²) < 4.78 is 17.0. The lowest BCUT2D eigenvalue weighted by Crippen LogP contribution is -2.30. The maximum atomic E-state index is 12.9. The highest BCUT2D eigenvalue weighted by molar-refractivity contribution is 5.71. The van der Waals surface area contributed by atoms with Gasteiger partial charge in [-0.15, -0.1) is 0 Å². The summed E-state index contributed by atoms with van der Waals surface area (Å²) >= 11 is 0. The summed E-state index contributed by atoms with van der Waals surface area (Å²) in [6.45, 7) is 6.67. The molecule has 0 rings (SSSR count). The van der Waals surface area contributed by atoms with Crippen LogP contribution in [0, 0.1) is 0 Å². The van der Waals surface area contributed by atoms with Crippen LogP contribution in [-0.4, -0.2) is 37.2 Å². The van der Waals surface area contributed by atoms with Gasteiger partial charge < -0.3 is 14.2 Å². The Morgan fingerprint density at radius 2 is 0.456 bits per heavy atom. The molecule has 0 N–H and O–H groups in total. The molecule has 464 valence electrons. The zero-order valence-corrected chi connectivity index (χ0v) is 53.4. The topological polar surface area (TPSA) is 78.9 Å². The first-order chi connectivity index (χ1) is 39.0. The first-order valence-electron chi connectivity index (χ1n) is 35.5. The molecule has 0 aliphatic carbocycles. The number of allylic oxidation sites excluding steroid dienone is 6. The van der Waals surface area contributed by atoms with E-state index in [9.17, 15) is 14.4 Å². The van der Waals surface area contributed by atoms with E-state index in [-0.39, 0.29) is 31.1 Å². The molecule has 6 heteroatoms. The Bertz CT molecular complexity index is 1320. The maximum absolute atomic E-state index is 12.9. The molecule has 0 aliphatic heterocycles. The molecule has 0 heterocycles. The van der Waals surface area contributed by atoms with Crippen LogP contribution in [0.4, 0.5) is 0 Å². The Kier molecular flexibility index (Phi) is 66.1. The number of carbonyl (C=O) groups excluding carboxylic acids is 3. The molecule has 1 atom stereocenters. The van der Waals surface area contributed by atoms with Crippen molar-refractivity contribution in [2.75, 3.05) is 13.2 Å². The number of ether oxygens (including phenoxy) is 3. The molecule has 0 spiro atoms. The van der Waals surface area contributed by atoms with Crippen molar-refractivity contribution in [3.05, 3.63) is 36.5 Å². The molecule has 0 amide bonds. The Morgan fingerprint density at radius 3 is 0.734 bits per heavy atom. The molecule has 0 aromatic heterocycles. The van der Waals surface area contributed by atoms with E-state index in [0.717, 1.165) is 77.0 Å². The summed E-state index contributed by atoms with van der Waals surface area (Å²) in [6.07, 6.45) is 84.7. The van der Waals surface area contributed by atoms with Crippen molar-refractivity contribution in [1.82, 2.24) is 0 Å². The summed E-state index contributed by atoms with van der Waals surface area (Å²) in [5.41, 5.74) is 0. The van der Waals surface area contributed by atoms with Crippen molar-refractivity contribution < 1.29 is 28.6 Å². The lowest BCUT2D eigenvalue weighted by molar-refractivity contribution is -0.167. The van der Waals surface area contributed by atoms with E-state index < -0.39 is 6.10 Å². The number of unbranched alkanes of at least 4 members (excludes halogenated alkanes) is 49. The van der Waals surface area contributed by atoms with Gasteiger partial charge in [-0.1, -0.05) is 333 Å². The van der Waals surface area contributed by atoms with Crippen molar-refractivity contribution in [3.8, 4) is 0 Å². The van der Waals surface area contributed by atoms with Crippen LogP contribution in [0.5, 0.6) is 0 Å². The molecule has 0 aromatic rings. The number of carbonyl (C=O) groups is 3. The maximum Gasteiger partial charge on any atom is 0.306 e. The van der Waals surface area contributed by atoms with E-state index in [1.807, 2.05) is 0 Å². The van der Waals surface area contributed by atoms with Gasteiger partial charge >= 0.3 is 17.9 Å². The summed E-state index contributed by atoms with van der Waals surface area (Å²) in [6, 6.07) is 0. The van der Waals surface area contributed by atoms with E-state index in [2.05, 4.69) is 57.2 Å². The number of esters is 3. The normalized spacial score (nSPS) is 12.2. The standard InChI is InChI=1S/C73H136O6/c1-4-7-10-13-16-19-22-25-28-30-31-32-33-34-35-36-37-38-39-40-41-43-45-48-51-54-57-60-63-66-72(75)78-69-70(68-77-71(74)65-62-59-56-53-50-47-44-27-24-21-18-15-12-9-6-3)79-73(76)67-64-61-58-55-52-49-46-42-29-26-23-20-17-14-11-8-5-2/h17,20,26-27,29,44,70H,4-16,18-19,21-25,28,30-43,45-69H2,1-3H3/b20-17-,29-26-,44-27-. The van der Waals surface area contributed by atoms with E-state index in [0.29, 0.717) is 19.3 Å². The van der Waals surface area contributed by atoms with Gasteiger partial charge in [0.2, 0.25) is 0 Å². The van der Waals surface area contributed by atoms with Gasteiger partial charge in [-0.05, 0) is 77.0 Å². The van der Waals surface area contributed by atoms with Gasteiger partial charge in [0, 0.05) is 19.3 Å². The third kappa shape index (κ3) is 66.3. The highest BCUT2D eigenvalue weighted by Crippen LogP contribution is 2.19. The second-order valence-electron chi connectivity index (χ2n) is 24.1. The molecular formula is C73H136O6. The average molecular weight is 1110 g/mol. The van der Waals surface area contributed by atoms with Crippen LogP contribution in [-0.2, 0) is 28.6 Å². The zero-order chi connectivity index (χ0) is 57.1. The minimum Gasteiger partial charge on any atom is -0.462 e. The molecule has 0 saturated carbocycles. The zero-order valence-electron chi connectivity index (χ0n) is 53.4. The van der Waals surface area contributed by atoms with Crippen LogP contribution < -0.4 is 0 Å². The third-order valence-corrected chi connectivity index (χ3v) is 16.1. The summed E-state index contributed by atoms with van der Waals surface area (Å²) in [4.78, 5) is 38.4. The lowest BCUT2D eigenvalue weighted by atomic mass is 10.0. The first-order valence-corrected chi connectivity index (χ1v) is 35.5. The Morgan fingerprint density at radius 1 is 0.253 bits per heavy atom. The number of hydrogen-bond donors (Lipinski definition) is 0. The van der Waals surface area contributed by atoms with Crippen LogP contribution in [0.2, 0.25) is 0 Å². The molecular weight excluding hydrogens is 973 g/mol. The summed E-state index contributed by atoms with van der Waals surface area (Å²) in [7, 11) is 0. The van der Waals surface area contributed by atoms with Crippen LogP contribution >= 0.6 is 0 Å². The predicted molar refractivity (Wildman–Crippen MR) is 344 cm³/mol. The van der Waals surface area contributed by atoms with Crippen molar-refractivity contribution >= 4 is 17.9 Å². The number of rotatable bonds is 66. The second-order valence-corrected chi connectivity index (χ2v) is 24.1. The lowest BCUT2D eigenvalue weighted by Gasteiger charge is -2.18. The first kappa shape index (κ1) is 76.6. The largest absolute Gasteiger partial charge is 0.462 e. The van der Waals surface area contributed by atoms with E-state index in [1.165, 1.54) is 276 Å². The van der Waals surface area contributed by atoms with Crippen molar-refractivity contribution in [2.24, 2.45) is 0 Å². The van der Waals surface area contributed by atoms with E-state index in [4.69, 9.17) is 14.2 Å². The van der Waals surface area contributed by atoms with Crippen molar-refractivity contribution in [1.29, 1.82) is 0 Å². The average Bonchev–Trinajstić information content (AvgIpc) is 3.45. The molecule has 0 radical (unpaired) electrons. The number of hydrogen-bond acceptors (Lipinski definition) is 6. The van der Waals surface area contributed by atoms with Crippen molar-refractivity contribution in [2.45, 2.75) is 399 Å². The molecule has 0 aromatic carbocycles. The van der Waals surface area contributed by atoms with Gasteiger partial charge in [-0.2, -0.15) is 0 Å². The van der Waals surface area contributed by atoms with Gasteiger partial charge in [0.25, 0.3) is 0 Å². The fourth-order valence-corrected chi connectivity index (χ4v) is 10.8. The van der Waals surface area contributed by atoms with Gasteiger partial charge in [-0.3, -0.25) is 14.4 Å². The van der Waals surface area contributed by atoms with Crippen LogP contribution in [0.25, 0.3) is 0 Å². The summed E-state index contributed by atoms with van der Waals surface area (Å²) in [5, 5.41) is 0. The molecule has 0 bridgehead atoms. The predicted octanol–water partition coefficient (Wildman–Crippen LogP) is 24.3. The smallest absolute Gasteiger partial charge is 0.306 e. The van der Waals surface area contributed by atoms with E-state index in [1.54, 1.807) is 0 Å². The minimum atomic E-state index is -0.779. The molecule has 6 nitrogen and oxygen atoms in total. The SMILES string of the molecule is CCCCC/C=C\C/C=C\CCCCCCCCCC(=O)OC(COC(=O)CCCCCCC/C=C\CCCCCCCC)COC(=O)CCCCCCCCCCCCCCCCCCCCCCCCCCCCCCC.